The lowest BCUT2D eigenvalue weighted by atomic mass is 10.1. The van der Waals surface area contributed by atoms with Crippen LogP contribution in [0.5, 0.6) is 0 Å². The van der Waals surface area contributed by atoms with Crippen molar-refractivity contribution in [2.75, 3.05) is 7.05 Å². The van der Waals surface area contributed by atoms with Gasteiger partial charge in [0.1, 0.15) is 0 Å². The van der Waals surface area contributed by atoms with Crippen LogP contribution in [0.1, 0.15) is 31.1 Å². The molecule has 0 saturated heterocycles. The Bertz CT molecular complexity index is 206. The molecule has 0 radical (unpaired) electrons. The summed E-state index contributed by atoms with van der Waals surface area (Å²) < 4.78 is 0. The van der Waals surface area contributed by atoms with Gasteiger partial charge in [-0.25, -0.2) is 0 Å². The van der Waals surface area contributed by atoms with Crippen molar-refractivity contribution in [1.29, 1.82) is 0 Å². The minimum absolute atomic E-state index is 0.665. The largest absolute Gasteiger partial charge is 0.317 e. The Kier molecular flexibility index (Phi) is 5.09. The van der Waals surface area contributed by atoms with Crippen LogP contribution >= 0.6 is 11.3 Å². The van der Waals surface area contributed by atoms with E-state index in [1.807, 2.05) is 11.3 Å². The summed E-state index contributed by atoms with van der Waals surface area (Å²) >= 11 is 1.86. The fraction of sp³-hybridized carbons (Fsp3) is 0.636. The molecule has 0 fully saturated rings. The predicted octanol–water partition coefficient (Wildman–Crippen LogP) is 3.07. The highest BCUT2D eigenvalue weighted by atomic mass is 32.1. The first-order valence-electron chi connectivity index (χ1n) is 5.06. The van der Waals surface area contributed by atoms with Crippen molar-refractivity contribution >= 4 is 11.3 Å². The van der Waals surface area contributed by atoms with Gasteiger partial charge in [0.25, 0.3) is 0 Å². The van der Waals surface area contributed by atoms with Crippen molar-refractivity contribution in [3.63, 3.8) is 0 Å². The third-order valence-electron chi connectivity index (χ3n) is 2.34. The maximum atomic E-state index is 3.38. The van der Waals surface area contributed by atoms with Gasteiger partial charge >= 0.3 is 0 Å². The molecule has 1 heterocycles. The average Bonchev–Trinajstić information content (AvgIpc) is 2.64. The lowest BCUT2D eigenvalue weighted by Gasteiger charge is -2.14. The van der Waals surface area contributed by atoms with E-state index in [9.17, 15) is 0 Å². The molecule has 74 valence electrons. The summed E-state index contributed by atoms with van der Waals surface area (Å²) in [5.41, 5.74) is 0. The van der Waals surface area contributed by atoms with Crippen LogP contribution in [0.25, 0.3) is 0 Å². The van der Waals surface area contributed by atoms with Crippen molar-refractivity contribution in [3.05, 3.63) is 22.4 Å². The fourth-order valence-corrected chi connectivity index (χ4v) is 2.26. The van der Waals surface area contributed by atoms with E-state index in [1.165, 1.54) is 30.6 Å². The maximum Gasteiger partial charge on any atom is 0.0112 e. The molecular formula is C11H19NS. The average molecular weight is 197 g/mol. The highest BCUT2D eigenvalue weighted by Gasteiger charge is 2.06. The molecule has 1 N–H and O–H groups in total. The van der Waals surface area contributed by atoms with Crippen molar-refractivity contribution in [3.8, 4) is 0 Å². The van der Waals surface area contributed by atoms with Gasteiger partial charge in [0.2, 0.25) is 0 Å². The summed E-state index contributed by atoms with van der Waals surface area (Å²) in [4.78, 5) is 1.50. The second-order valence-corrected chi connectivity index (χ2v) is 4.44. The molecule has 1 atom stereocenters. The normalized spacial score (nSPS) is 13.1. The van der Waals surface area contributed by atoms with E-state index < -0.39 is 0 Å². The third kappa shape index (κ3) is 3.92. The summed E-state index contributed by atoms with van der Waals surface area (Å²) in [6.07, 6.45) is 5.11. The Hall–Kier alpha value is -0.340. The quantitative estimate of drug-likeness (QED) is 0.739. The second-order valence-electron chi connectivity index (χ2n) is 3.41. The lowest BCUT2D eigenvalue weighted by molar-refractivity contribution is 0.501. The lowest BCUT2D eigenvalue weighted by Crippen LogP contribution is -2.26. The van der Waals surface area contributed by atoms with E-state index in [0.29, 0.717) is 6.04 Å². The zero-order valence-corrected chi connectivity index (χ0v) is 9.36. The van der Waals surface area contributed by atoms with Crippen LogP contribution in [-0.4, -0.2) is 13.1 Å². The smallest absolute Gasteiger partial charge is 0.0112 e. The van der Waals surface area contributed by atoms with Gasteiger partial charge in [-0.15, -0.1) is 11.3 Å². The van der Waals surface area contributed by atoms with Crippen LogP contribution < -0.4 is 5.32 Å². The van der Waals surface area contributed by atoms with Gasteiger partial charge in [-0.2, -0.15) is 0 Å². The molecule has 1 aromatic rings. The van der Waals surface area contributed by atoms with Crippen molar-refractivity contribution in [1.82, 2.24) is 5.32 Å². The summed E-state index contributed by atoms with van der Waals surface area (Å²) in [7, 11) is 2.06. The second kappa shape index (κ2) is 6.17. The number of nitrogens with one attached hydrogen (secondary N) is 1. The van der Waals surface area contributed by atoms with Crippen LogP contribution in [0.15, 0.2) is 17.5 Å². The molecule has 0 aliphatic rings. The first-order valence-corrected chi connectivity index (χ1v) is 5.94. The third-order valence-corrected chi connectivity index (χ3v) is 3.24. The van der Waals surface area contributed by atoms with E-state index in [2.05, 4.69) is 36.8 Å². The molecule has 1 nitrogen and oxygen atoms in total. The molecule has 13 heavy (non-hydrogen) atoms. The highest BCUT2D eigenvalue weighted by Crippen LogP contribution is 2.13. The topological polar surface area (TPSA) is 12.0 Å². The van der Waals surface area contributed by atoms with Crippen LogP contribution in [-0.2, 0) is 6.42 Å². The number of thiophene rings is 1. The molecule has 1 rings (SSSR count). The predicted molar refractivity (Wildman–Crippen MR) is 60.4 cm³/mol. The fourth-order valence-electron chi connectivity index (χ4n) is 1.47. The molecule has 0 aliphatic heterocycles. The molecule has 0 spiro atoms. The summed E-state index contributed by atoms with van der Waals surface area (Å²) in [6.45, 7) is 2.25. The van der Waals surface area contributed by atoms with Gasteiger partial charge in [-0.05, 0) is 31.3 Å². The Balaban J connectivity index is 2.31. The summed E-state index contributed by atoms with van der Waals surface area (Å²) in [6, 6.07) is 5.02. The summed E-state index contributed by atoms with van der Waals surface area (Å²) in [5.74, 6) is 0. The van der Waals surface area contributed by atoms with Gasteiger partial charge < -0.3 is 5.32 Å². The Morgan fingerprint density at radius 3 is 2.92 bits per heavy atom. The summed E-state index contributed by atoms with van der Waals surface area (Å²) in [5, 5.41) is 5.54. The van der Waals surface area contributed by atoms with Crippen LogP contribution in [0.3, 0.4) is 0 Å². The van der Waals surface area contributed by atoms with E-state index in [0.717, 1.165) is 0 Å². The van der Waals surface area contributed by atoms with Crippen molar-refractivity contribution in [2.24, 2.45) is 0 Å². The van der Waals surface area contributed by atoms with E-state index >= 15 is 0 Å². The van der Waals surface area contributed by atoms with E-state index in [1.54, 1.807) is 0 Å². The minimum Gasteiger partial charge on any atom is -0.317 e. The first-order chi connectivity index (χ1) is 6.36. The number of hydrogen-bond donors (Lipinski definition) is 1. The van der Waals surface area contributed by atoms with Crippen LogP contribution in [0, 0.1) is 0 Å². The van der Waals surface area contributed by atoms with Crippen LogP contribution in [0.4, 0.5) is 0 Å². The molecule has 0 aliphatic carbocycles. The standard InChI is InChI=1S/C11H19NS/c1-3-4-6-10(12-2)9-11-7-5-8-13-11/h5,7-8,10,12H,3-4,6,9H2,1-2H3. The highest BCUT2D eigenvalue weighted by molar-refractivity contribution is 7.09. The van der Waals surface area contributed by atoms with Gasteiger partial charge in [-0.1, -0.05) is 25.8 Å². The molecular weight excluding hydrogens is 178 g/mol. The van der Waals surface area contributed by atoms with E-state index in [4.69, 9.17) is 0 Å². The van der Waals surface area contributed by atoms with Crippen molar-refractivity contribution in [2.45, 2.75) is 38.6 Å². The number of likely N-dealkylation sites (N-methyl/N-ethyl adjacent to an activating group) is 1. The zero-order chi connectivity index (χ0) is 9.52. The number of unbranched alkanes of at least 4 members (excludes halogenated alkanes) is 1. The Morgan fingerprint density at radius 2 is 2.38 bits per heavy atom. The molecule has 0 saturated carbocycles. The monoisotopic (exact) mass is 197 g/mol. The molecule has 0 bridgehead atoms. The van der Waals surface area contributed by atoms with Gasteiger partial charge in [0.05, 0.1) is 0 Å². The number of rotatable bonds is 6. The van der Waals surface area contributed by atoms with Crippen LogP contribution in [0.2, 0.25) is 0 Å². The Labute approximate surface area is 85.2 Å². The molecule has 0 amide bonds. The molecule has 1 unspecified atom stereocenters. The molecule has 2 heteroatoms. The Morgan fingerprint density at radius 1 is 1.54 bits per heavy atom. The van der Waals surface area contributed by atoms with Gasteiger partial charge in [0, 0.05) is 10.9 Å². The maximum absolute atomic E-state index is 3.38. The zero-order valence-electron chi connectivity index (χ0n) is 8.55. The number of hydrogen-bond acceptors (Lipinski definition) is 2. The van der Waals surface area contributed by atoms with Gasteiger partial charge in [-0.3, -0.25) is 0 Å². The molecule has 1 aromatic heterocycles. The van der Waals surface area contributed by atoms with E-state index in [-0.39, 0.29) is 0 Å². The van der Waals surface area contributed by atoms with Crippen molar-refractivity contribution < 1.29 is 0 Å². The van der Waals surface area contributed by atoms with Gasteiger partial charge in [0.15, 0.2) is 0 Å². The SMILES string of the molecule is CCCCC(Cc1cccs1)NC. The minimum atomic E-state index is 0.665. The first kappa shape index (κ1) is 10.7. The molecule has 0 aromatic carbocycles.